The maximum absolute atomic E-state index is 12.0. The smallest absolute Gasteiger partial charge is 0.335 e. The third kappa shape index (κ3) is 3.57. The number of carboxylic acids is 1. The van der Waals surface area contributed by atoms with Crippen molar-refractivity contribution in [2.75, 3.05) is 0 Å². The number of aromatic carboxylic acids is 1. The van der Waals surface area contributed by atoms with Gasteiger partial charge in [-0.1, -0.05) is 29.8 Å². The van der Waals surface area contributed by atoms with Crippen molar-refractivity contribution in [3.8, 4) is 5.75 Å². The Kier molecular flexibility index (Phi) is 4.18. The number of carbonyl (C=O) groups excluding carboxylic acids is 1. The molecule has 2 rings (SSSR count). The predicted molar refractivity (Wildman–Crippen MR) is 79.6 cm³/mol. The van der Waals surface area contributed by atoms with Crippen LogP contribution in [0.4, 0.5) is 0 Å². The quantitative estimate of drug-likeness (QED) is 0.666. The molecule has 0 aromatic heterocycles. The van der Waals surface area contributed by atoms with Crippen LogP contribution in [0.15, 0.2) is 48.5 Å². The average Bonchev–Trinajstić information content (AvgIpc) is 2.47. The Balaban J connectivity index is 2.18. The van der Waals surface area contributed by atoms with Gasteiger partial charge in [-0.25, -0.2) is 4.79 Å². The zero-order valence-electron chi connectivity index (χ0n) is 11.4. The lowest BCUT2D eigenvalue weighted by atomic mass is 10.0. The summed E-state index contributed by atoms with van der Waals surface area (Å²) in [5, 5.41) is 18.5. The first-order valence-electron chi connectivity index (χ1n) is 6.33. The van der Waals surface area contributed by atoms with Crippen LogP contribution in [-0.4, -0.2) is 22.0 Å². The number of rotatable bonds is 4. The summed E-state index contributed by atoms with van der Waals surface area (Å²) in [5.41, 5.74) is 2.03. The predicted octanol–water partition coefficient (Wildman–Crippen LogP) is 3.29. The van der Waals surface area contributed by atoms with Crippen LogP contribution in [0.2, 0.25) is 0 Å². The van der Waals surface area contributed by atoms with E-state index in [-0.39, 0.29) is 22.7 Å². The van der Waals surface area contributed by atoms with Gasteiger partial charge >= 0.3 is 5.97 Å². The largest absolute Gasteiger partial charge is 0.507 e. The molecule has 0 saturated heterocycles. The fourth-order valence-corrected chi connectivity index (χ4v) is 1.85. The summed E-state index contributed by atoms with van der Waals surface area (Å²) in [4.78, 5) is 22.8. The Morgan fingerprint density at radius 3 is 2.33 bits per heavy atom. The third-order valence-corrected chi connectivity index (χ3v) is 3.00. The first-order chi connectivity index (χ1) is 9.97. The van der Waals surface area contributed by atoms with Crippen molar-refractivity contribution in [3.63, 3.8) is 0 Å². The van der Waals surface area contributed by atoms with Crippen LogP contribution >= 0.6 is 0 Å². The Morgan fingerprint density at radius 1 is 1.05 bits per heavy atom. The highest BCUT2D eigenvalue weighted by molar-refractivity contribution is 6.08. The molecule has 0 saturated carbocycles. The molecular weight excluding hydrogens is 268 g/mol. The molecule has 21 heavy (non-hydrogen) atoms. The molecule has 0 radical (unpaired) electrons. The maximum Gasteiger partial charge on any atom is 0.335 e. The molecule has 0 aliphatic heterocycles. The molecule has 0 heterocycles. The fraction of sp³-hybridized carbons (Fsp3) is 0.0588. The number of aromatic hydroxyl groups is 1. The normalized spacial score (nSPS) is 10.7. The van der Waals surface area contributed by atoms with Gasteiger partial charge in [0.05, 0.1) is 11.1 Å². The Morgan fingerprint density at radius 2 is 1.71 bits per heavy atom. The molecule has 2 N–H and O–H groups in total. The van der Waals surface area contributed by atoms with Gasteiger partial charge < -0.3 is 10.2 Å². The van der Waals surface area contributed by atoms with Crippen molar-refractivity contribution < 1.29 is 19.8 Å². The monoisotopic (exact) mass is 282 g/mol. The second-order valence-corrected chi connectivity index (χ2v) is 4.65. The number of carbonyl (C=O) groups is 2. The molecule has 2 aromatic carbocycles. The van der Waals surface area contributed by atoms with Crippen molar-refractivity contribution in [2.24, 2.45) is 0 Å². The first-order valence-corrected chi connectivity index (χ1v) is 6.33. The first kappa shape index (κ1) is 14.5. The highest BCUT2D eigenvalue weighted by atomic mass is 16.4. The molecule has 0 atom stereocenters. The zero-order chi connectivity index (χ0) is 15.4. The van der Waals surface area contributed by atoms with E-state index >= 15 is 0 Å². The van der Waals surface area contributed by atoms with Gasteiger partial charge in [-0.15, -0.1) is 0 Å². The SMILES string of the molecule is Cc1ccc(O)c(C(=O)C=Cc2ccc(C(=O)O)cc2)c1. The third-order valence-electron chi connectivity index (χ3n) is 3.00. The maximum atomic E-state index is 12.0. The molecule has 2 aromatic rings. The van der Waals surface area contributed by atoms with Crippen molar-refractivity contribution in [3.05, 3.63) is 70.8 Å². The van der Waals surface area contributed by atoms with Crippen molar-refractivity contribution >= 4 is 17.8 Å². The minimum atomic E-state index is -0.994. The lowest BCUT2D eigenvalue weighted by Crippen LogP contribution is -1.96. The van der Waals surface area contributed by atoms with E-state index in [1.807, 2.05) is 6.92 Å². The van der Waals surface area contributed by atoms with Crippen molar-refractivity contribution in [1.82, 2.24) is 0 Å². The lowest BCUT2D eigenvalue weighted by Gasteiger charge is -2.02. The van der Waals surface area contributed by atoms with Crippen LogP contribution in [0.25, 0.3) is 6.08 Å². The van der Waals surface area contributed by atoms with Gasteiger partial charge in [0.2, 0.25) is 0 Å². The molecular formula is C17H14O4. The number of phenols is 1. The number of hydrogen-bond donors (Lipinski definition) is 2. The fourth-order valence-electron chi connectivity index (χ4n) is 1.85. The van der Waals surface area contributed by atoms with Gasteiger partial charge in [0, 0.05) is 0 Å². The van der Waals surface area contributed by atoms with Gasteiger partial charge in [-0.2, -0.15) is 0 Å². The molecule has 4 heteroatoms. The van der Waals surface area contributed by atoms with Crippen LogP contribution in [-0.2, 0) is 0 Å². The molecule has 4 nitrogen and oxygen atoms in total. The van der Waals surface area contributed by atoms with E-state index in [9.17, 15) is 14.7 Å². The number of carboxylic acid groups (broad SMARTS) is 1. The molecule has 0 aliphatic carbocycles. The van der Waals surface area contributed by atoms with Gasteiger partial charge in [0.1, 0.15) is 5.75 Å². The number of aryl methyl sites for hydroxylation is 1. The van der Waals surface area contributed by atoms with Crippen LogP contribution in [0.1, 0.15) is 31.8 Å². The van der Waals surface area contributed by atoms with E-state index in [1.165, 1.54) is 24.3 Å². The van der Waals surface area contributed by atoms with Gasteiger partial charge in [-0.05, 0) is 42.8 Å². The Bertz CT molecular complexity index is 712. The second-order valence-electron chi connectivity index (χ2n) is 4.65. The topological polar surface area (TPSA) is 74.6 Å². The molecule has 106 valence electrons. The standard InChI is InChI=1S/C17H14O4/c1-11-2-8-15(18)14(10-11)16(19)9-5-12-3-6-13(7-4-12)17(20)21/h2-10,18H,1H3,(H,20,21). The summed E-state index contributed by atoms with van der Waals surface area (Å²) >= 11 is 0. The number of phenolic OH excluding ortho intramolecular Hbond substituents is 1. The number of allylic oxidation sites excluding steroid dienone is 1. The van der Waals surface area contributed by atoms with Crippen molar-refractivity contribution in [1.29, 1.82) is 0 Å². The van der Waals surface area contributed by atoms with Gasteiger partial charge in [-0.3, -0.25) is 4.79 Å². The van der Waals surface area contributed by atoms with E-state index in [4.69, 9.17) is 5.11 Å². The highest BCUT2D eigenvalue weighted by Crippen LogP contribution is 2.19. The highest BCUT2D eigenvalue weighted by Gasteiger charge is 2.08. The second kappa shape index (κ2) is 6.05. The zero-order valence-corrected chi connectivity index (χ0v) is 11.4. The lowest BCUT2D eigenvalue weighted by molar-refractivity contribution is 0.0696. The summed E-state index contributed by atoms with van der Waals surface area (Å²) in [6, 6.07) is 11.0. The molecule has 0 bridgehead atoms. The van der Waals surface area contributed by atoms with Crippen molar-refractivity contribution in [2.45, 2.75) is 6.92 Å². The minimum Gasteiger partial charge on any atom is -0.507 e. The van der Waals surface area contributed by atoms with E-state index in [1.54, 1.807) is 30.3 Å². The summed E-state index contributed by atoms with van der Waals surface area (Å²) in [7, 11) is 0. The number of hydrogen-bond acceptors (Lipinski definition) is 3. The van der Waals surface area contributed by atoms with E-state index in [0.29, 0.717) is 5.56 Å². The molecule has 0 aliphatic rings. The number of benzene rings is 2. The molecule has 0 spiro atoms. The van der Waals surface area contributed by atoms with Gasteiger partial charge in [0.15, 0.2) is 5.78 Å². The Labute approximate surface area is 122 Å². The van der Waals surface area contributed by atoms with Crippen LogP contribution in [0.3, 0.4) is 0 Å². The van der Waals surface area contributed by atoms with Gasteiger partial charge in [0.25, 0.3) is 0 Å². The summed E-state index contributed by atoms with van der Waals surface area (Å²) in [5.74, 6) is -1.36. The Hall–Kier alpha value is -2.88. The molecule has 0 fully saturated rings. The summed E-state index contributed by atoms with van der Waals surface area (Å²) in [6.45, 7) is 1.84. The van der Waals surface area contributed by atoms with Crippen LogP contribution in [0, 0.1) is 6.92 Å². The van der Waals surface area contributed by atoms with E-state index in [2.05, 4.69) is 0 Å². The minimum absolute atomic E-state index is 0.0588. The molecule has 0 amide bonds. The van der Waals surface area contributed by atoms with Crippen LogP contribution in [0.5, 0.6) is 5.75 Å². The number of ketones is 1. The van der Waals surface area contributed by atoms with E-state index < -0.39 is 5.97 Å². The van der Waals surface area contributed by atoms with E-state index in [0.717, 1.165) is 5.56 Å². The summed E-state index contributed by atoms with van der Waals surface area (Å²) in [6.07, 6.45) is 2.93. The summed E-state index contributed by atoms with van der Waals surface area (Å²) < 4.78 is 0. The molecule has 0 unspecified atom stereocenters. The van der Waals surface area contributed by atoms with Crippen LogP contribution < -0.4 is 0 Å². The average molecular weight is 282 g/mol.